The molecule has 10 heteroatoms. The van der Waals surface area contributed by atoms with Gasteiger partial charge in [0.2, 0.25) is 5.95 Å². The van der Waals surface area contributed by atoms with Gasteiger partial charge in [0.1, 0.15) is 0 Å². The second kappa shape index (κ2) is 6.69. The summed E-state index contributed by atoms with van der Waals surface area (Å²) in [6, 6.07) is 7.33. The van der Waals surface area contributed by atoms with Crippen LogP contribution in [0.4, 0.5) is 11.6 Å². The van der Waals surface area contributed by atoms with Gasteiger partial charge >= 0.3 is 0 Å². The lowest BCUT2D eigenvalue weighted by atomic mass is 10.3. The zero-order chi connectivity index (χ0) is 17.9. The summed E-state index contributed by atoms with van der Waals surface area (Å²) in [5.74, 6) is -0.351. The molecule has 3 rings (SSSR count). The summed E-state index contributed by atoms with van der Waals surface area (Å²) in [7, 11) is -2.10. The van der Waals surface area contributed by atoms with Crippen LogP contribution in [-0.2, 0) is 17.1 Å². The van der Waals surface area contributed by atoms with Crippen molar-refractivity contribution >= 4 is 27.6 Å². The molecule has 9 nitrogen and oxygen atoms in total. The van der Waals surface area contributed by atoms with Crippen LogP contribution in [0.1, 0.15) is 10.4 Å². The van der Waals surface area contributed by atoms with E-state index in [-0.39, 0.29) is 16.8 Å². The fourth-order valence-corrected chi connectivity index (χ4v) is 2.95. The number of carbonyl (C=O) groups excluding carboxylic acids is 1. The summed E-state index contributed by atoms with van der Waals surface area (Å²) in [6.45, 7) is 0. The number of amides is 1. The maximum absolute atomic E-state index is 12.3. The molecule has 0 atom stereocenters. The average Bonchev–Trinajstić information content (AvgIpc) is 3.02. The fourth-order valence-electron chi connectivity index (χ4n) is 1.99. The molecule has 0 aliphatic heterocycles. The normalized spacial score (nSPS) is 11.1. The molecule has 0 aliphatic rings. The topological polar surface area (TPSA) is 119 Å². The lowest BCUT2D eigenvalue weighted by molar-refractivity contribution is 0.102. The largest absolute Gasteiger partial charge is 0.322 e. The number of hydrogen-bond acceptors (Lipinski definition) is 6. The van der Waals surface area contributed by atoms with Crippen molar-refractivity contribution in [1.82, 2.24) is 19.7 Å². The Morgan fingerprint density at radius 2 is 1.80 bits per heavy atom. The first kappa shape index (κ1) is 16.6. The number of benzene rings is 1. The summed E-state index contributed by atoms with van der Waals surface area (Å²) in [5.41, 5.74) is 0.867. The van der Waals surface area contributed by atoms with Gasteiger partial charge < -0.3 is 5.32 Å². The Morgan fingerprint density at radius 3 is 2.40 bits per heavy atom. The van der Waals surface area contributed by atoms with Crippen LogP contribution in [0.25, 0.3) is 0 Å². The molecule has 0 aliphatic carbocycles. The molecule has 128 valence electrons. The fraction of sp³-hybridized carbons (Fsp3) is 0.0667. The maximum Gasteiger partial charge on any atom is 0.264 e. The zero-order valence-corrected chi connectivity index (χ0v) is 13.9. The van der Waals surface area contributed by atoms with Gasteiger partial charge in [-0.25, -0.2) is 23.1 Å². The Morgan fingerprint density at radius 1 is 1.12 bits per heavy atom. The molecule has 1 aromatic carbocycles. The van der Waals surface area contributed by atoms with E-state index in [0.29, 0.717) is 11.3 Å². The number of hydrogen-bond donors (Lipinski definition) is 2. The van der Waals surface area contributed by atoms with E-state index in [9.17, 15) is 13.2 Å². The predicted octanol–water partition coefficient (Wildman–Crippen LogP) is 1.26. The molecular weight excluding hydrogens is 344 g/mol. The van der Waals surface area contributed by atoms with Gasteiger partial charge in [0, 0.05) is 31.3 Å². The highest BCUT2D eigenvalue weighted by atomic mass is 32.2. The highest BCUT2D eigenvalue weighted by Crippen LogP contribution is 2.17. The quantitative estimate of drug-likeness (QED) is 0.709. The van der Waals surface area contributed by atoms with Crippen molar-refractivity contribution in [3.63, 3.8) is 0 Å². The van der Waals surface area contributed by atoms with Gasteiger partial charge in [-0.15, -0.1) is 0 Å². The van der Waals surface area contributed by atoms with Crippen molar-refractivity contribution in [2.75, 3.05) is 10.0 Å². The summed E-state index contributed by atoms with van der Waals surface area (Å²) in [5, 5.41) is 6.59. The van der Waals surface area contributed by atoms with Crippen LogP contribution in [0.3, 0.4) is 0 Å². The van der Waals surface area contributed by atoms with E-state index in [1.54, 1.807) is 19.3 Å². The average molecular weight is 358 g/mol. The number of rotatable bonds is 5. The van der Waals surface area contributed by atoms with Gasteiger partial charge in [-0.3, -0.25) is 9.48 Å². The van der Waals surface area contributed by atoms with Crippen molar-refractivity contribution in [3.8, 4) is 0 Å². The Hall–Kier alpha value is -3.27. The molecule has 2 N–H and O–H groups in total. The molecule has 2 aromatic heterocycles. The van der Waals surface area contributed by atoms with Crippen molar-refractivity contribution in [1.29, 1.82) is 0 Å². The van der Waals surface area contributed by atoms with Gasteiger partial charge in [0.25, 0.3) is 15.9 Å². The Labute approximate surface area is 143 Å². The Kier molecular flexibility index (Phi) is 4.44. The first-order chi connectivity index (χ1) is 11.9. The molecule has 0 radical (unpaired) electrons. The number of sulfonamides is 1. The molecule has 3 aromatic rings. The van der Waals surface area contributed by atoms with Crippen LogP contribution < -0.4 is 10.0 Å². The minimum absolute atomic E-state index is 0.0172. The van der Waals surface area contributed by atoms with Crippen molar-refractivity contribution in [2.45, 2.75) is 4.90 Å². The lowest BCUT2D eigenvalue weighted by Crippen LogP contribution is -2.15. The number of carbonyl (C=O) groups is 1. The monoisotopic (exact) mass is 358 g/mol. The van der Waals surface area contributed by atoms with Crippen LogP contribution in [0.2, 0.25) is 0 Å². The third-order valence-corrected chi connectivity index (χ3v) is 4.53. The third kappa shape index (κ3) is 3.98. The van der Waals surface area contributed by atoms with Crippen LogP contribution >= 0.6 is 0 Å². The van der Waals surface area contributed by atoms with Crippen molar-refractivity contribution < 1.29 is 13.2 Å². The number of aromatic nitrogens is 4. The summed E-state index contributed by atoms with van der Waals surface area (Å²) >= 11 is 0. The van der Waals surface area contributed by atoms with E-state index in [1.807, 2.05) is 0 Å². The molecule has 2 heterocycles. The van der Waals surface area contributed by atoms with Crippen molar-refractivity contribution in [2.24, 2.45) is 7.05 Å². The first-order valence-corrected chi connectivity index (χ1v) is 8.62. The highest BCUT2D eigenvalue weighted by Gasteiger charge is 2.16. The second-order valence-electron chi connectivity index (χ2n) is 5.06. The minimum Gasteiger partial charge on any atom is -0.322 e. The molecular formula is C15H14N6O3S. The number of aryl methyl sites for hydroxylation is 1. The lowest BCUT2D eigenvalue weighted by Gasteiger charge is -2.08. The summed E-state index contributed by atoms with van der Waals surface area (Å²) < 4.78 is 28.3. The van der Waals surface area contributed by atoms with Gasteiger partial charge in [0.05, 0.1) is 16.7 Å². The van der Waals surface area contributed by atoms with E-state index >= 15 is 0 Å². The molecule has 1 amide bonds. The smallest absolute Gasteiger partial charge is 0.264 e. The van der Waals surface area contributed by atoms with Crippen molar-refractivity contribution in [3.05, 3.63) is 60.7 Å². The highest BCUT2D eigenvalue weighted by molar-refractivity contribution is 7.92. The molecule has 0 fully saturated rings. The zero-order valence-electron chi connectivity index (χ0n) is 13.1. The van der Waals surface area contributed by atoms with Gasteiger partial charge in [-0.1, -0.05) is 0 Å². The minimum atomic E-state index is -3.81. The van der Waals surface area contributed by atoms with E-state index in [2.05, 4.69) is 25.1 Å². The number of nitrogens with one attached hydrogen (secondary N) is 2. The molecule has 0 saturated carbocycles. The predicted molar refractivity (Wildman–Crippen MR) is 90.4 cm³/mol. The maximum atomic E-state index is 12.3. The molecule has 0 unspecified atom stereocenters. The van der Waals surface area contributed by atoms with Crippen LogP contribution in [0, 0.1) is 0 Å². The third-order valence-electron chi connectivity index (χ3n) is 3.18. The number of anilines is 2. The molecule has 0 saturated heterocycles. The number of nitrogens with zero attached hydrogens (tertiary/aromatic N) is 4. The van der Waals surface area contributed by atoms with Gasteiger partial charge in [-0.2, -0.15) is 5.10 Å². The standard InChI is InChI=1S/C15H14N6O3S/c1-21-10-11(9-18-21)14(22)19-12-3-5-13(6-4-12)25(23,24)20-15-16-7-2-8-17-15/h2-10H,1H3,(H,19,22)(H,16,17,20). The van der Waals surface area contributed by atoms with E-state index in [4.69, 9.17) is 0 Å². The second-order valence-corrected chi connectivity index (χ2v) is 6.74. The van der Waals surface area contributed by atoms with Gasteiger partial charge in [-0.05, 0) is 30.3 Å². The molecule has 0 spiro atoms. The van der Waals surface area contributed by atoms with Crippen LogP contribution in [0.15, 0.2) is 60.0 Å². The first-order valence-electron chi connectivity index (χ1n) is 7.14. The van der Waals surface area contributed by atoms with E-state index in [0.717, 1.165) is 0 Å². The Bertz CT molecular complexity index is 984. The SMILES string of the molecule is Cn1cc(C(=O)Nc2ccc(S(=O)(=O)Nc3ncccn3)cc2)cn1. The van der Waals surface area contributed by atoms with Crippen LogP contribution in [0.5, 0.6) is 0 Å². The van der Waals surface area contributed by atoms with E-state index < -0.39 is 10.0 Å². The van der Waals surface area contributed by atoms with Crippen LogP contribution in [-0.4, -0.2) is 34.1 Å². The van der Waals surface area contributed by atoms with E-state index in [1.165, 1.54) is 47.5 Å². The molecule has 0 bridgehead atoms. The van der Waals surface area contributed by atoms with Gasteiger partial charge in [0.15, 0.2) is 0 Å². The Balaban J connectivity index is 1.72. The summed E-state index contributed by atoms with van der Waals surface area (Å²) in [4.78, 5) is 19.7. The molecule has 25 heavy (non-hydrogen) atoms. The summed E-state index contributed by atoms with van der Waals surface area (Å²) in [6.07, 6.45) is 5.89.